The van der Waals surface area contributed by atoms with Crippen molar-refractivity contribution in [3.63, 3.8) is 0 Å². The number of nitrogens with zero attached hydrogens (tertiary/aromatic N) is 3. The van der Waals surface area contributed by atoms with Crippen molar-refractivity contribution in [2.45, 2.75) is 33.6 Å². The zero-order chi connectivity index (χ0) is 17.8. The van der Waals surface area contributed by atoms with Gasteiger partial charge in [-0.25, -0.2) is 9.67 Å². The molecule has 0 aromatic carbocycles. The average molecular weight is 333 g/mol. The van der Waals surface area contributed by atoms with Gasteiger partial charge in [-0.05, 0) is 38.0 Å². The molecule has 2 aromatic heterocycles. The van der Waals surface area contributed by atoms with Crippen molar-refractivity contribution in [1.29, 1.82) is 0 Å². The van der Waals surface area contributed by atoms with E-state index in [1.165, 1.54) is 5.57 Å². The smallest absolute Gasteiger partial charge is 0.183 e. The predicted octanol–water partition coefficient (Wildman–Crippen LogP) is 4.92. The Kier molecular flexibility index (Phi) is 5.08. The standard InChI is InChI=1S/C21H23N3O/c1-15(2)21(25)20-12-6-11-19(23-20)17-13-22-24(14-17)18-9-4-7-16(3)8-5-10-18/h4,6-7,9-15H,5,8H2,1-3H3. The molecule has 1 aliphatic rings. The van der Waals surface area contributed by atoms with Gasteiger partial charge in [-0.2, -0.15) is 5.10 Å². The van der Waals surface area contributed by atoms with Crippen LogP contribution in [0.2, 0.25) is 0 Å². The van der Waals surface area contributed by atoms with Crippen LogP contribution in [0.25, 0.3) is 17.0 Å². The zero-order valence-corrected chi connectivity index (χ0v) is 14.9. The molecule has 0 aliphatic heterocycles. The molecule has 0 unspecified atom stereocenters. The van der Waals surface area contributed by atoms with E-state index < -0.39 is 0 Å². The summed E-state index contributed by atoms with van der Waals surface area (Å²) >= 11 is 0. The first-order valence-corrected chi connectivity index (χ1v) is 8.65. The van der Waals surface area contributed by atoms with Crippen LogP contribution in [-0.2, 0) is 0 Å². The normalized spacial score (nSPS) is 14.7. The van der Waals surface area contributed by atoms with Crippen LogP contribution in [0.1, 0.15) is 44.1 Å². The molecule has 2 heterocycles. The maximum Gasteiger partial charge on any atom is 0.183 e. The molecule has 0 N–H and O–H groups in total. The van der Waals surface area contributed by atoms with Gasteiger partial charge in [0.1, 0.15) is 5.69 Å². The first-order valence-electron chi connectivity index (χ1n) is 8.65. The maximum atomic E-state index is 12.2. The molecular weight excluding hydrogens is 310 g/mol. The van der Waals surface area contributed by atoms with Crippen molar-refractivity contribution >= 4 is 11.5 Å². The average Bonchev–Trinajstić information content (AvgIpc) is 3.07. The van der Waals surface area contributed by atoms with Crippen molar-refractivity contribution in [2.75, 3.05) is 0 Å². The summed E-state index contributed by atoms with van der Waals surface area (Å²) in [6, 6.07) is 5.55. The fraction of sp³-hybridized carbons (Fsp3) is 0.286. The van der Waals surface area contributed by atoms with E-state index in [-0.39, 0.29) is 11.7 Å². The lowest BCUT2D eigenvalue weighted by Gasteiger charge is -2.06. The summed E-state index contributed by atoms with van der Waals surface area (Å²) in [7, 11) is 0. The van der Waals surface area contributed by atoms with E-state index in [2.05, 4.69) is 41.3 Å². The highest BCUT2D eigenvalue weighted by Gasteiger charge is 2.13. The number of pyridine rings is 1. The summed E-state index contributed by atoms with van der Waals surface area (Å²) < 4.78 is 1.86. The topological polar surface area (TPSA) is 47.8 Å². The summed E-state index contributed by atoms with van der Waals surface area (Å²) in [4.78, 5) is 16.7. The van der Waals surface area contributed by atoms with Crippen LogP contribution in [0, 0.1) is 5.92 Å². The van der Waals surface area contributed by atoms with Crippen LogP contribution >= 0.6 is 0 Å². The Morgan fingerprint density at radius 1 is 1.28 bits per heavy atom. The van der Waals surface area contributed by atoms with Gasteiger partial charge >= 0.3 is 0 Å². The lowest BCUT2D eigenvalue weighted by atomic mass is 10.1. The van der Waals surface area contributed by atoms with Gasteiger partial charge in [-0.15, -0.1) is 0 Å². The van der Waals surface area contributed by atoms with E-state index >= 15 is 0 Å². The molecule has 3 rings (SSSR count). The van der Waals surface area contributed by atoms with Crippen LogP contribution in [0.4, 0.5) is 0 Å². The zero-order valence-electron chi connectivity index (χ0n) is 14.9. The minimum absolute atomic E-state index is 0.0575. The fourth-order valence-electron chi connectivity index (χ4n) is 2.70. The monoisotopic (exact) mass is 333 g/mol. The molecule has 0 atom stereocenters. The van der Waals surface area contributed by atoms with E-state index in [0.717, 1.165) is 29.8 Å². The van der Waals surface area contributed by atoms with E-state index in [9.17, 15) is 4.79 Å². The molecular formula is C21H23N3O. The van der Waals surface area contributed by atoms with E-state index in [4.69, 9.17) is 0 Å². The highest BCUT2D eigenvalue weighted by molar-refractivity contribution is 5.96. The van der Waals surface area contributed by atoms with Gasteiger partial charge in [0.25, 0.3) is 0 Å². The van der Waals surface area contributed by atoms with Gasteiger partial charge in [0.15, 0.2) is 5.78 Å². The maximum absolute atomic E-state index is 12.2. The molecule has 4 heteroatoms. The van der Waals surface area contributed by atoms with Gasteiger partial charge in [0.2, 0.25) is 0 Å². The largest absolute Gasteiger partial charge is 0.292 e. The second kappa shape index (κ2) is 7.43. The number of Topliss-reactive ketones (excluding diaryl/α,β-unsaturated/α-hetero) is 1. The lowest BCUT2D eigenvalue weighted by Crippen LogP contribution is -2.09. The van der Waals surface area contributed by atoms with Crippen molar-refractivity contribution in [2.24, 2.45) is 5.92 Å². The number of allylic oxidation sites excluding steroid dienone is 6. The molecule has 0 spiro atoms. The van der Waals surface area contributed by atoms with Crippen molar-refractivity contribution in [3.05, 3.63) is 66.2 Å². The van der Waals surface area contributed by atoms with Gasteiger partial charge < -0.3 is 0 Å². The number of aromatic nitrogens is 3. The summed E-state index contributed by atoms with van der Waals surface area (Å²) in [5.74, 6) is -0.00532. The van der Waals surface area contributed by atoms with Crippen LogP contribution in [0.3, 0.4) is 0 Å². The first-order chi connectivity index (χ1) is 12.0. The minimum atomic E-state index is -0.0628. The first kappa shape index (κ1) is 17.1. The molecule has 1 aliphatic carbocycles. The highest BCUT2D eigenvalue weighted by Crippen LogP contribution is 2.21. The van der Waals surface area contributed by atoms with Crippen molar-refractivity contribution < 1.29 is 4.79 Å². The van der Waals surface area contributed by atoms with Crippen molar-refractivity contribution in [1.82, 2.24) is 14.8 Å². The summed E-state index contributed by atoms with van der Waals surface area (Å²) in [6.07, 6.45) is 14.3. The minimum Gasteiger partial charge on any atom is -0.292 e. The Morgan fingerprint density at radius 2 is 2.12 bits per heavy atom. The van der Waals surface area contributed by atoms with Gasteiger partial charge in [-0.3, -0.25) is 4.79 Å². The van der Waals surface area contributed by atoms with E-state index in [0.29, 0.717) is 5.69 Å². The lowest BCUT2D eigenvalue weighted by molar-refractivity contribution is 0.0934. The number of rotatable bonds is 4. The molecule has 25 heavy (non-hydrogen) atoms. The Bertz CT molecular complexity index is 869. The molecule has 4 nitrogen and oxygen atoms in total. The van der Waals surface area contributed by atoms with Gasteiger partial charge in [0, 0.05) is 17.7 Å². The molecule has 0 saturated carbocycles. The number of hydrogen-bond donors (Lipinski definition) is 0. The number of carbonyl (C=O) groups excluding carboxylic acids is 1. The van der Waals surface area contributed by atoms with Crippen LogP contribution < -0.4 is 0 Å². The van der Waals surface area contributed by atoms with Crippen LogP contribution in [-0.4, -0.2) is 20.5 Å². The summed E-state index contributed by atoms with van der Waals surface area (Å²) in [5.41, 5.74) is 4.60. The van der Waals surface area contributed by atoms with E-state index in [1.54, 1.807) is 12.3 Å². The molecule has 0 fully saturated rings. The SMILES string of the molecule is CC1=CC=CC(n2cc(-c3cccc(C(=O)C(C)C)n3)cn2)=CCC1. The molecule has 2 aromatic rings. The predicted molar refractivity (Wildman–Crippen MR) is 101 cm³/mol. The van der Waals surface area contributed by atoms with Gasteiger partial charge in [-0.1, -0.05) is 43.7 Å². The fourth-order valence-corrected chi connectivity index (χ4v) is 2.70. The molecule has 128 valence electrons. The summed E-state index contributed by atoms with van der Waals surface area (Å²) in [5, 5.41) is 4.47. The van der Waals surface area contributed by atoms with Crippen LogP contribution in [0.5, 0.6) is 0 Å². The van der Waals surface area contributed by atoms with Gasteiger partial charge in [0.05, 0.1) is 17.6 Å². The Balaban J connectivity index is 1.88. The third kappa shape index (κ3) is 4.02. The highest BCUT2D eigenvalue weighted by atomic mass is 16.1. The molecule has 0 amide bonds. The number of hydrogen-bond acceptors (Lipinski definition) is 3. The molecule has 0 radical (unpaired) electrons. The molecule has 0 saturated heterocycles. The quantitative estimate of drug-likeness (QED) is 0.746. The number of carbonyl (C=O) groups is 1. The second-order valence-corrected chi connectivity index (χ2v) is 6.64. The van der Waals surface area contributed by atoms with E-state index in [1.807, 2.05) is 36.9 Å². The Labute approximate surface area is 148 Å². The third-order valence-electron chi connectivity index (χ3n) is 4.21. The Morgan fingerprint density at radius 3 is 2.92 bits per heavy atom. The Hall–Kier alpha value is -2.75. The van der Waals surface area contributed by atoms with Crippen LogP contribution in [0.15, 0.2) is 60.5 Å². The summed E-state index contributed by atoms with van der Waals surface area (Å²) in [6.45, 7) is 5.92. The second-order valence-electron chi connectivity index (χ2n) is 6.64. The molecule has 0 bridgehead atoms. The van der Waals surface area contributed by atoms with Crippen molar-refractivity contribution in [3.8, 4) is 11.3 Å². The third-order valence-corrected chi connectivity index (χ3v) is 4.21. The number of ketones is 1.